The lowest BCUT2D eigenvalue weighted by atomic mass is 9.60. The lowest BCUT2D eigenvalue weighted by molar-refractivity contribution is 0.207. The van der Waals surface area contributed by atoms with E-state index in [4.69, 9.17) is 14.2 Å². The second kappa shape index (κ2) is 9.47. The van der Waals surface area contributed by atoms with E-state index in [1.807, 2.05) is 42.5 Å². The molecule has 4 heteroatoms. The molecule has 35 heavy (non-hydrogen) atoms. The first-order chi connectivity index (χ1) is 17.1. The van der Waals surface area contributed by atoms with Crippen LogP contribution in [-0.4, -0.2) is 26.4 Å². The van der Waals surface area contributed by atoms with Crippen LogP contribution in [0.3, 0.4) is 0 Å². The van der Waals surface area contributed by atoms with Crippen molar-refractivity contribution in [1.29, 1.82) is 0 Å². The van der Waals surface area contributed by atoms with Gasteiger partial charge >= 0.3 is 0 Å². The molecule has 0 atom stereocenters. The summed E-state index contributed by atoms with van der Waals surface area (Å²) in [6, 6.07) is 30.8. The van der Waals surface area contributed by atoms with Gasteiger partial charge in [-0.2, -0.15) is 0 Å². The average molecular weight is 467 g/mol. The number of aliphatic hydroxyl groups excluding tert-OH is 1. The monoisotopic (exact) mass is 466 g/mol. The van der Waals surface area contributed by atoms with E-state index >= 15 is 0 Å². The molecule has 1 aliphatic carbocycles. The number of fused-ring (bicyclic) bond motifs is 2. The summed E-state index contributed by atoms with van der Waals surface area (Å²) in [6.07, 6.45) is 0.781. The first kappa shape index (κ1) is 23.0. The minimum atomic E-state index is -0.666. The molecule has 0 amide bonds. The van der Waals surface area contributed by atoms with Crippen molar-refractivity contribution in [2.75, 3.05) is 21.3 Å². The van der Waals surface area contributed by atoms with Crippen LogP contribution in [0, 0.1) is 0 Å². The first-order valence-electron chi connectivity index (χ1n) is 11.8. The Labute approximate surface area is 206 Å². The molecule has 178 valence electrons. The van der Waals surface area contributed by atoms with Crippen molar-refractivity contribution in [3.8, 4) is 17.2 Å². The van der Waals surface area contributed by atoms with E-state index in [0.29, 0.717) is 6.42 Å². The quantitative estimate of drug-likeness (QED) is 0.370. The van der Waals surface area contributed by atoms with Crippen LogP contribution >= 0.6 is 0 Å². The van der Waals surface area contributed by atoms with E-state index in [1.54, 1.807) is 21.3 Å². The smallest absolute Gasteiger partial charge is 0.122 e. The van der Waals surface area contributed by atoms with E-state index < -0.39 is 11.5 Å². The zero-order valence-corrected chi connectivity index (χ0v) is 20.3. The summed E-state index contributed by atoms with van der Waals surface area (Å²) < 4.78 is 16.7. The molecule has 5 rings (SSSR count). The summed E-state index contributed by atoms with van der Waals surface area (Å²) >= 11 is 0. The molecule has 1 N–H and O–H groups in total. The molecule has 4 aromatic rings. The predicted octanol–water partition coefficient (Wildman–Crippen LogP) is 5.88. The van der Waals surface area contributed by atoms with Gasteiger partial charge in [-0.05, 0) is 70.5 Å². The number of hydrogen-bond donors (Lipinski definition) is 1. The second-order valence-electron chi connectivity index (χ2n) is 9.09. The van der Waals surface area contributed by atoms with Gasteiger partial charge in [0.25, 0.3) is 0 Å². The van der Waals surface area contributed by atoms with Crippen LogP contribution in [0.1, 0.15) is 39.5 Å². The van der Waals surface area contributed by atoms with Crippen molar-refractivity contribution in [1.82, 2.24) is 0 Å². The fourth-order valence-corrected chi connectivity index (χ4v) is 5.55. The van der Waals surface area contributed by atoms with Gasteiger partial charge in [-0.25, -0.2) is 0 Å². The van der Waals surface area contributed by atoms with Crippen LogP contribution in [0.4, 0.5) is 0 Å². The third-order valence-electron chi connectivity index (χ3n) is 7.10. The Kier molecular flexibility index (Phi) is 6.23. The molecular weight excluding hydrogens is 436 g/mol. The lowest BCUT2D eigenvalue weighted by Gasteiger charge is -2.43. The van der Waals surface area contributed by atoms with Gasteiger partial charge in [0.15, 0.2) is 0 Å². The summed E-state index contributed by atoms with van der Waals surface area (Å²) in [5, 5.41) is 11.4. The van der Waals surface area contributed by atoms with E-state index in [0.717, 1.165) is 51.5 Å². The number of rotatable bonds is 7. The van der Waals surface area contributed by atoms with Gasteiger partial charge in [-0.1, -0.05) is 60.7 Å². The van der Waals surface area contributed by atoms with Crippen molar-refractivity contribution in [2.24, 2.45) is 0 Å². The standard InChI is InChI=1S/C31H30O4/c1-33-23-10-8-9-21(15-23)19-31(20-22-16-24(34-2)18-25(17-22)35-3)28-13-6-4-11-26(28)30(32)27-12-5-7-14-29(27)31/h4-18,30,32H,19-20H2,1-3H3. The zero-order valence-electron chi connectivity index (χ0n) is 20.3. The van der Waals surface area contributed by atoms with E-state index in [9.17, 15) is 5.11 Å². The van der Waals surface area contributed by atoms with Crippen LogP contribution in [0.5, 0.6) is 17.2 Å². The van der Waals surface area contributed by atoms with E-state index in [1.165, 1.54) is 5.56 Å². The van der Waals surface area contributed by atoms with Crippen molar-refractivity contribution < 1.29 is 19.3 Å². The zero-order chi connectivity index (χ0) is 24.4. The molecular formula is C31H30O4. The normalized spacial score (nSPS) is 18.3. The Hall–Kier alpha value is -3.76. The third-order valence-corrected chi connectivity index (χ3v) is 7.10. The Morgan fingerprint density at radius 2 is 1.11 bits per heavy atom. The fraction of sp³-hybridized carbons (Fsp3) is 0.226. The Bertz CT molecular complexity index is 1270. The van der Waals surface area contributed by atoms with Crippen LogP contribution in [0.15, 0.2) is 91.0 Å². The fourth-order valence-electron chi connectivity index (χ4n) is 5.55. The highest BCUT2D eigenvalue weighted by Gasteiger charge is 2.43. The Balaban J connectivity index is 1.76. The second-order valence-corrected chi connectivity index (χ2v) is 9.09. The summed E-state index contributed by atoms with van der Waals surface area (Å²) in [4.78, 5) is 0. The summed E-state index contributed by atoms with van der Waals surface area (Å²) in [6.45, 7) is 0. The van der Waals surface area contributed by atoms with Crippen LogP contribution in [0.2, 0.25) is 0 Å². The van der Waals surface area contributed by atoms with Gasteiger partial charge in [0, 0.05) is 11.5 Å². The number of ether oxygens (including phenoxy) is 3. The molecule has 0 saturated carbocycles. The maximum absolute atomic E-state index is 11.4. The largest absolute Gasteiger partial charge is 0.497 e. The highest BCUT2D eigenvalue weighted by atomic mass is 16.5. The van der Waals surface area contributed by atoms with Crippen molar-refractivity contribution in [3.63, 3.8) is 0 Å². The molecule has 0 heterocycles. The van der Waals surface area contributed by atoms with Gasteiger partial charge < -0.3 is 19.3 Å². The number of aliphatic hydroxyl groups is 1. The number of benzene rings is 4. The predicted molar refractivity (Wildman–Crippen MR) is 138 cm³/mol. The van der Waals surface area contributed by atoms with Crippen LogP contribution in [-0.2, 0) is 18.3 Å². The van der Waals surface area contributed by atoms with Gasteiger partial charge in [-0.3, -0.25) is 0 Å². The molecule has 0 aliphatic heterocycles. The summed E-state index contributed by atoms with van der Waals surface area (Å²) in [5.41, 5.74) is 6.01. The van der Waals surface area contributed by atoms with E-state index in [-0.39, 0.29) is 0 Å². The molecule has 0 bridgehead atoms. The van der Waals surface area contributed by atoms with Gasteiger partial charge in [-0.15, -0.1) is 0 Å². The topological polar surface area (TPSA) is 47.9 Å². The van der Waals surface area contributed by atoms with Gasteiger partial charge in [0.2, 0.25) is 0 Å². The van der Waals surface area contributed by atoms with Crippen LogP contribution in [0.25, 0.3) is 0 Å². The molecule has 0 saturated heterocycles. The first-order valence-corrected chi connectivity index (χ1v) is 11.8. The SMILES string of the molecule is COc1cccc(CC2(Cc3cc(OC)cc(OC)c3)c3ccccc3C(O)c3ccccc32)c1. The van der Waals surface area contributed by atoms with Crippen LogP contribution < -0.4 is 14.2 Å². The maximum Gasteiger partial charge on any atom is 0.122 e. The minimum absolute atomic E-state index is 0.420. The third kappa shape index (κ3) is 4.15. The highest BCUT2D eigenvalue weighted by molar-refractivity contribution is 5.58. The molecule has 0 aromatic heterocycles. The summed E-state index contributed by atoms with van der Waals surface area (Å²) in [7, 11) is 5.04. The Morgan fingerprint density at radius 1 is 0.600 bits per heavy atom. The van der Waals surface area contributed by atoms with Crippen molar-refractivity contribution >= 4 is 0 Å². The van der Waals surface area contributed by atoms with Gasteiger partial charge in [0.1, 0.15) is 23.4 Å². The van der Waals surface area contributed by atoms with Crippen molar-refractivity contribution in [3.05, 3.63) is 124 Å². The summed E-state index contributed by atoms with van der Waals surface area (Å²) in [5.74, 6) is 2.35. The molecule has 0 fully saturated rings. The molecule has 0 spiro atoms. The maximum atomic E-state index is 11.4. The van der Waals surface area contributed by atoms with Gasteiger partial charge in [0.05, 0.1) is 21.3 Å². The Morgan fingerprint density at radius 3 is 1.69 bits per heavy atom. The minimum Gasteiger partial charge on any atom is -0.497 e. The average Bonchev–Trinajstić information content (AvgIpc) is 2.91. The molecule has 1 aliphatic rings. The highest BCUT2D eigenvalue weighted by Crippen LogP contribution is 2.50. The molecule has 4 aromatic carbocycles. The number of methoxy groups -OCH3 is 3. The van der Waals surface area contributed by atoms with E-state index in [2.05, 4.69) is 48.5 Å². The molecule has 4 nitrogen and oxygen atoms in total. The number of hydrogen-bond acceptors (Lipinski definition) is 4. The molecule has 0 radical (unpaired) electrons. The van der Waals surface area contributed by atoms with Crippen molar-refractivity contribution in [2.45, 2.75) is 24.4 Å². The molecule has 0 unspecified atom stereocenters. The lowest BCUT2D eigenvalue weighted by Crippen LogP contribution is -2.39.